The fourth-order valence-electron chi connectivity index (χ4n) is 2.18. The number of rotatable bonds is 5. The van der Waals surface area contributed by atoms with Gasteiger partial charge in [0.15, 0.2) is 5.01 Å². The van der Waals surface area contributed by atoms with E-state index in [1.807, 2.05) is 31.2 Å². The molecule has 0 spiro atoms. The number of aromatic nitrogens is 2. The number of hydrogen-bond acceptors (Lipinski definition) is 4. The highest BCUT2D eigenvalue weighted by Gasteiger charge is 2.14. The van der Waals surface area contributed by atoms with Crippen LogP contribution in [0.4, 0.5) is 4.39 Å². The Labute approximate surface area is 159 Å². The number of halogens is 2. The van der Waals surface area contributed by atoms with E-state index in [1.54, 1.807) is 18.2 Å². The molecule has 0 unspecified atom stereocenters. The Kier molecular flexibility index (Phi) is 5.75. The van der Waals surface area contributed by atoms with Gasteiger partial charge in [-0.05, 0) is 36.3 Å². The van der Waals surface area contributed by atoms with Crippen molar-refractivity contribution in [2.45, 2.75) is 13.5 Å². The number of carbonyl (C=O) groups is 1. The Morgan fingerprint density at radius 1 is 1.19 bits per heavy atom. The van der Waals surface area contributed by atoms with Crippen LogP contribution in [0, 0.1) is 12.7 Å². The highest BCUT2D eigenvalue weighted by atomic mass is 35.5. The maximum absolute atomic E-state index is 13.2. The first kappa shape index (κ1) is 18.2. The van der Waals surface area contributed by atoms with E-state index in [9.17, 15) is 9.18 Å². The van der Waals surface area contributed by atoms with Crippen molar-refractivity contribution >= 4 is 40.0 Å². The van der Waals surface area contributed by atoms with E-state index in [2.05, 4.69) is 15.5 Å². The molecule has 0 saturated carbocycles. The summed E-state index contributed by atoms with van der Waals surface area (Å²) in [6.07, 6.45) is 1.58. The predicted octanol–water partition coefficient (Wildman–Crippen LogP) is 4.65. The fraction of sp³-hybridized carbons (Fsp3) is 0.105. The van der Waals surface area contributed by atoms with Crippen molar-refractivity contribution in [2.24, 2.45) is 0 Å². The SMILES string of the molecule is Cc1ccc(CNC(=O)c2nnc(C(Cl)=Cc3cccc(F)c3)s2)cc1. The minimum atomic E-state index is -0.350. The van der Waals surface area contributed by atoms with Crippen LogP contribution in [0.25, 0.3) is 11.1 Å². The van der Waals surface area contributed by atoms with Gasteiger partial charge in [0.1, 0.15) is 5.82 Å². The van der Waals surface area contributed by atoms with Crippen molar-refractivity contribution in [3.05, 3.63) is 81.1 Å². The zero-order chi connectivity index (χ0) is 18.5. The molecule has 0 radical (unpaired) electrons. The summed E-state index contributed by atoms with van der Waals surface area (Å²) in [5.41, 5.74) is 2.77. The normalized spacial score (nSPS) is 11.4. The number of benzene rings is 2. The van der Waals surface area contributed by atoms with Crippen LogP contribution in [-0.2, 0) is 6.54 Å². The van der Waals surface area contributed by atoms with Crippen molar-refractivity contribution in [1.82, 2.24) is 15.5 Å². The molecule has 0 aliphatic heterocycles. The molecule has 26 heavy (non-hydrogen) atoms. The van der Waals surface area contributed by atoms with Gasteiger partial charge in [-0.1, -0.05) is 64.9 Å². The number of nitrogens with one attached hydrogen (secondary N) is 1. The summed E-state index contributed by atoms with van der Waals surface area (Å²) in [5.74, 6) is -0.666. The first-order valence-corrected chi connectivity index (χ1v) is 9.01. The number of carbonyl (C=O) groups excluding carboxylic acids is 1. The van der Waals surface area contributed by atoms with Gasteiger partial charge < -0.3 is 5.32 Å². The molecular formula is C19H15ClFN3OS. The average Bonchev–Trinajstić information content (AvgIpc) is 3.11. The van der Waals surface area contributed by atoms with E-state index in [4.69, 9.17) is 11.6 Å². The second kappa shape index (κ2) is 8.21. The van der Waals surface area contributed by atoms with Crippen LogP contribution in [0.1, 0.15) is 31.5 Å². The van der Waals surface area contributed by atoms with Gasteiger partial charge in [-0.15, -0.1) is 10.2 Å². The Bertz CT molecular complexity index is 953. The zero-order valence-corrected chi connectivity index (χ0v) is 15.4. The molecule has 7 heteroatoms. The minimum Gasteiger partial charge on any atom is -0.346 e. The van der Waals surface area contributed by atoms with E-state index in [-0.39, 0.29) is 16.7 Å². The van der Waals surface area contributed by atoms with Crippen LogP contribution >= 0.6 is 22.9 Å². The van der Waals surface area contributed by atoms with Gasteiger partial charge in [0.2, 0.25) is 5.01 Å². The number of nitrogens with zero attached hydrogens (tertiary/aromatic N) is 2. The molecule has 2 aromatic carbocycles. The smallest absolute Gasteiger partial charge is 0.282 e. The predicted molar refractivity (Wildman–Crippen MR) is 102 cm³/mol. The van der Waals surface area contributed by atoms with Crippen LogP contribution in [0.5, 0.6) is 0 Å². The molecule has 1 amide bonds. The zero-order valence-electron chi connectivity index (χ0n) is 13.9. The van der Waals surface area contributed by atoms with Crippen LogP contribution in [-0.4, -0.2) is 16.1 Å². The van der Waals surface area contributed by atoms with Gasteiger partial charge in [-0.2, -0.15) is 0 Å². The van der Waals surface area contributed by atoms with Crippen molar-refractivity contribution in [1.29, 1.82) is 0 Å². The van der Waals surface area contributed by atoms with Crippen LogP contribution in [0.15, 0.2) is 48.5 Å². The molecule has 0 aliphatic rings. The molecule has 132 valence electrons. The number of amides is 1. The maximum Gasteiger partial charge on any atom is 0.282 e. The lowest BCUT2D eigenvalue weighted by atomic mass is 10.1. The summed E-state index contributed by atoms with van der Waals surface area (Å²) in [4.78, 5) is 12.2. The van der Waals surface area contributed by atoms with E-state index in [0.29, 0.717) is 22.1 Å². The lowest BCUT2D eigenvalue weighted by molar-refractivity contribution is 0.0950. The molecule has 1 N–H and O–H groups in total. The number of aryl methyl sites for hydroxylation is 1. The minimum absolute atomic E-state index is 0.220. The molecule has 1 heterocycles. The van der Waals surface area contributed by atoms with Gasteiger partial charge in [-0.3, -0.25) is 4.79 Å². The summed E-state index contributed by atoms with van der Waals surface area (Å²) in [7, 11) is 0. The number of hydrogen-bond donors (Lipinski definition) is 1. The second-order valence-corrected chi connectivity index (χ2v) is 7.01. The Balaban J connectivity index is 1.66. The molecule has 3 rings (SSSR count). The second-order valence-electron chi connectivity index (χ2n) is 5.63. The third kappa shape index (κ3) is 4.74. The average molecular weight is 388 g/mol. The van der Waals surface area contributed by atoms with Crippen molar-refractivity contribution in [2.75, 3.05) is 0 Å². The summed E-state index contributed by atoms with van der Waals surface area (Å²) < 4.78 is 13.2. The molecule has 0 atom stereocenters. The quantitative estimate of drug-likeness (QED) is 0.693. The van der Waals surface area contributed by atoms with Crippen LogP contribution in [0.2, 0.25) is 0 Å². The molecule has 3 aromatic rings. The Hall–Kier alpha value is -2.57. The van der Waals surface area contributed by atoms with Crippen molar-refractivity contribution in [3.63, 3.8) is 0 Å². The first-order chi connectivity index (χ1) is 12.5. The fourth-order valence-corrected chi connectivity index (χ4v) is 3.13. The molecule has 0 fully saturated rings. The standard InChI is InChI=1S/C19H15ClFN3OS/c1-12-5-7-13(8-6-12)11-22-17(25)19-24-23-18(26-19)16(20)10-14-3-2-4-15(21)9-14/h2-10H,11H2,1H3,(H,22,25). The summed E-state index contributed by atoms with van der Waals surface area (Å²) in [5, 5.41) is 11.5. The maximum atomic E-state index is 13.2. The van der Waals surface area contributed by atoms with E-state index < -0.39 is 0 Å². The molecular weight excluding hydrogens is 373 g/mol. The summed E-state index contributed by atoms with van der Waals surface area (Å²) in [6, 6.07) is 13.9. The molecule has 4 nitrogen and oxygen atoms in total. The van der Waals surface area contributed by atoms with E-state index in [1.165, 1.54) is 12.1 Å². The van der Waals surface area contributed by atoms with Gasteiger partial charge in [-0.25, -0.2) is 4.39 Å². The van der Waals surface area contributed by atoms with Gasteiger partial charge in [0, 0.05) is 6.54 Å². The summed E-state index contributed by atoms with van der Waals surface area (Å²) >= 11 is 7.30. The molecule has 0 saturated heterocycles. The van der Waals surface area contributed by atoms with Gasteiger partial charge >= 0.3 is 0 Å². The lowest BCUT2D eigenvalue weighted by Crippen LogP contribution is -2.22. The molecule has 1 aromatic heterocycles. The largest absolute Gasteiger partial charge is 0.346 e. The van der Waals surface area contributed by atoms with Crippen LogP contribution in [0.3, 0.4) is 0 Å². The van der Waals surface area contributed by atoms with E-state index in [0.717, 1.165) is 22.5 Å². The summed E-state index contributed by atoms with van der Waals surface area (Å²) in [6.45, 7) is 2.41. The Morgan fingerprint density at radius 3 is 2.65 bits per heavy atom. The van der Waals surface area contributed by atoms with Crippen molar-refractivity contribution in [3.8, 4) is 0 Å². The third-order valence-corrected chi connectivity index (χ3v) is 4.89. The molecule has 0 aliphatic carbocycles. The topological polar surface area (TPSA) is 54.9 Å². The first-order valence-electron chi connectivity index (χ1n) is 7.81. The van der Waals surface area contributed by atoms with Crippen LogP contribution < -0.4 is 5.32 Å². The third-order valence-electron chi connectivity index (χ3n) is 3.54. The van der Waals surface area contributed by atoms with Gasteiger partial charge in [0.25, 0.3) is 5.91 Å². The van der Waals surface area contributed by atoms with Crippen molar-refractivity contribution < 1.29 is 9.18 Å². The Morgan fingerprint density at radius 2 is 1.92 bits per heavy atom. The monoisotopic (exact) mass is 387 g/mol. The lowest BCUT2D eigenvalue weighted by Gasteiger charge is -2.03. The highest BCUT2D eigenvalue weighted by Crippen LogP contribution is 2.25. The van der Waals surface area contributed by atoms with E-state index >= 15 is 0 Å². The highest BCUT2D eigenvalue weighted by molar-refractivity contribution is 7.15. The molecule has 0 bridgehead atoms. The van der Waals surface area contributed by atoms with Gasteiger partial charge in [0.05, 0.1) is 5.03 Å².